The van der Waals surface area contributed by atoms with Crippen LogP contribution in [-0.2, 0) is 28.5 Å². The Bertz CT molecular complexity index is 2330. The number of fused-ring (bicyclic) bond motifs is 6. The second kappa shape index (κ2) is 18.5. The van der Waals surface area contributed by atoms with Gasteiger partial charge in [-0.3, -0.25) is 19.6 Å². The van der Waals surface area contributed by atoms with Gasteiger partial charge in [-0.15, -0.1) is 0 Å². The third-order valence-electron chi connectivity index (χ3n) is 10.2. The number of halogens is 2. The summed E-state index contributed by atoms with van der Waals surface area (Å²) in [6.07, 6.45) is 4.76. The van der Waals surface area contributed by atoms with E-state index in [1.54, 1.807) is 53.0 Å². The van der Waals surface area contributed by atoms with Crippen molar-refractivity contribution in [1.82, 2.24) is 19.1 Å². The maximum absolute atomic E-state index is 12.1. The maximum atomic E-state index is 12.1. The van der Waals surface area contributed by atoms with Crippen LogP contribution in [0.5, 0.6) is 23.0 Å². The summed E-state index contributed by atoms with van der Waals surface area (Å²) in [5.41, 5.74) is 6.06. The first kappa shape index (κ1) is 42.1. The van der Waals surface area contributed by atoms with Gasteiger partial charge in [0.25, 0.3) is 0 Å². The molecular formula is C44H42Cl2N4O10. The van der Waals surface area contributed by atoms with Crippen LogP contribution in [0.2, 0.25) is 10.0 Å². The van der Waals surface area contributed by atoms with Crippen molar-refractivity contribution in [1.29, 1.82) is 0 Å². The molecule has 0 aliphatic carbocycles. The summed E-state index contributed by atoms with van der Waals surface area (Å²) in [6.45, 7) is 0. The highest BCUT2D eigenvalue weighted by molar-refractivity contribution is 6.31. The summed E-state index contributed by atoms with van der Waals surface area (Å²) < 4.78 is 48.9. The van der Waals surface area contributed by atoms with E-state index in [2.05, 4.69) is 9.97 Å². The van der Waals surface area contributed by atoms with E-state index in [0.29, 0.717) is 44.4 Å². The number of esters is 2. The monoisotopic (exact) mass is 856 g/mol. The zero-order chi connectivity index (χ0) is 42.5. The number of carbonyl (C=O) groups is 2. The number of hydrogen-bond donors (Lipinski definition) is 0. The summed E-state index contributed by atoms with van der Waals surface area (Å²) in [5, 5.41) is 1.12. The van der Waals surface area contributed by atoms with Crippen molar-refractivity contribution < 1.29 is 47.5 Å². The van der Waals surface area contributed by atoms with Gasteiger partial charge in [-0.05, 0) is 60.7 Å². The predicted molar refractivity (Wildman–Crippen MR) is 221 cm³/mol. The van der Waals surface area contributed by atoms with Gasteiger partial charge in [0.2, 0.25) is 0 Å². The van der Waals surface area contributed by atoms with Crippen molar-refractivity contribution in [2.24, 2.45) is 0 Å². The van der Waals surface area contributed by atoms with Crippen LogP contribution in [0.4, 0.5) is 0 Å². The minimum atomic E-state index is -0.654. The summed E-state index contributed by atoms with van der Waals surface area (Å²) >= 11 is 12.7. The quantitative estimate of drug-likeness (QED) is 0.122. The van der Waals surface area contributed by atoms with Gasteiger partial charge in [-0.2, -0.15) is 0 Å². The van der Waals surface area contributed by atoms with E-state index in [4.69, 9.17) is 61.1 Å². The second-order valence-corrected chi connectivity index (χ2v) is 14.3. The largest absolute Gasteiger partial charge is 0.493 e. The van der Waals surface area contributed by atoms with E-state index in [0.717, 1.165) is 33.9 Å². The molecule has 0 amide bonds. The molecule has 60 heavy (non-hydrogen) atoms. The van der Waals surface area contributed by atoms with Crippen LogP contribution in [0.15, 0.2) is 97.6 Å². The summed E-state index contributed by atoms with van der Waals surface area (Å²) in [7, 11) is 8.94. The van der Waals surface area contributed by atoms with Crippen LogP contribution in [0.1, 0.15) is 71.2 Å². The Balaban J connectivity index is 0.000000181. The number of aromatic nitrogens is 4. The lowest BCUT2D eigenvalue weighted by Crippen LogP contribution is -2.16. The normalized spacial score (nSPS) is 17.5. The summed E-state index contributed by atoms with van der Waals surface area (Å²) in [6, 6.07) is 22.2. The van der Waals surface area contributed by atoms with E-state index >= 15 is 0 Å². The first-order chi connectivity index (χ1) is 29.1. The van der Waals surface area contributed by atoms with E-state index in [9.17, 15) is 9.59 Å². The fourth-order valence-electron chi connectivity index (χ4n) is 7.47. The highest BCUT2D eigenvalue weighted by atomic mass is 35.5. The topological polar surface area (TPSA) is 144 Å². The van der Waals surface area contributed by atoms with Crippen molar-refractivity contribution in [2.75, 3.05) is 42.7 Å². The molecule has 0 fully saturated rings. The zero-order valence-electron chi connectivity index (χ0n) is 33.6. The first-order valence-electron chi connectivity index (χ1n) is 18.7. The van der Waals surface area contributed by atoms with Gasteiger partial charge in [-0.25, -0.2) is 0 Å². The average Bonchev–Trinajstić information content (AvgIpc) is 3.92. The fourth-order valence-corrected chi connectivity index (χ4v) is 7.83. The lowest BCUT2D eigenvalue weighted by Gasteiger charge is -2.24. The van der Waals surface area contributed by atoms with Gasteiger partial charge in [0.05, 0.1) is 78.3 Å². The van der Waals surface area contributed by atoms with Crippen molar-refractivity contribution in [3.05, 3.63) is 142 Å². The highest BCUT2D eigenvalue weighted by Crippen LogP contribution is 2.47. The molecule has 14 nitrogen and oxygen atoms in total. The molecule has 2 aliphatic rings. The SMILES string of the molecule is COC(=O)C[C@@H]1O[C@@H](c2nccc(OC)c2OC)c2cc(Cl)ccc2-n2cccc21.COC(=O)C[C@@H]1O[C@H](c2nccc(OC)c2OC)c2cc(Cl)ccc2-n2cccc21. The second-order valence-electron chi connectivity index (χ2n) is 13.4. The number of hydrogen-bond acceptors (Lipinski definition) is 12. The van der Waals surface area contributed by atoms with Gasteiger partial charge in [0, 0.05) is 58.1 Å². The van der Waals surface area contributed by atoms with E-state index in [1.165, 1.54) is 14.2 Å². The van der Waals surface area contributed by atoms with Gasteiger partial charge < -0.3 is 47.0 Å². The molecule has 0 saturated heterocycles. The van der Waals surface area contributed by atoms with Crippen molar-refractivity contribution >= 4 is 35.1 Å². The highest BCUT2D eigenvalue weighted by Gasteiger charge is 2.37. The Morgan fingerprint density at radius 1 is 0.600 bits per heavy atom. The molecule has 312 valence electrons. The molecular weight excluding hydrogens is 815 g/mol. The lowest BCUT2D eigenvalue weighted by atomic mass is 10.0. The van der Waals surface area contributed by atoms with Crippen molar-refractivity contribution in [3.63, 3.8) is 0 Å². The third-order valence-corrected chi connectivity index (χ3v) is 10.7. The number of ether oxygens (including phenoxy) is 8. The van der Waals surface area contributed by atoms with Gasteiger partial charge >= 0.3 is 11.9 Å². The minimum Gasteiger partial charge on any atom is -0.493 e. The number of carbonyl (C=O) groups excluding carboxylic acids is 2. The minimum absolute atomic E-state index is 0.0466. The van der Waals surface area contributed by atoms with Gasteiger partial charge in [0.15, 0.2) is 23.0 Å². The Morgan fingerprint density at radius 3 is 1.38 bits per heavy atom. The molecule has 16 heteroatoms. The molecule has 0 saturated carbocycles. The van der Waals surface area contributed by atoms with Crippen LogP contribution >= 0.6 is 23.2 Å². The standard InChI is InChI=1S/2C22H21ClN2O5/c2*1-27-17-8-9-24-20(22(17)29-3)21-14-11-13(23)6-7-15(14)25-10-4-5-16(25)18(30-21)12-19(26)28-2/h2*4-11,18,21H,12H2,1-3H3/t18-,21+;18-,21-/m00/s1. The summed E-state index contributed by atoms with van der Waals surface area (Å²) in [5.74, 6) is 1.23. The molecule has 2 aliphatic heterocycles. The Hall–Kier alpha value is -6.06. The third kappa shape index (κ3) is 8.23. The van der Waals surface area contributed by atoms with Crippen molar-refractivity contribution in [3.8, 4) is 34.4 Å². The maximum Gasteiger partial charge on any atom is 0.308 e. The van der Waals surface area contributed by atoms with Gasteiger partial charge in [0.1, 0.15) is 35.8 Å². The van der Waals surface area contributed by atoms with Crippen LogP contribution < -0.4 is 18.9 Å². The van der Waals surface area contributed by atoms with Crippen LogP contribution in [-0.4, -0.2) is 73.7 Å². The average molecular weight is 858 g/mol. The first-order valence-corrected chi connectivity index (χ1v) is 19.4. The number of nitrogens with zero attached hydrogens (tertiary/aromatic N) is 4. The molecule has 4 atom stereocenters. The number of methoxy groups -OCH3 is 6. The van der Waals surface area contributed by atoms with Crippen molar-refractivity contribution in [2.45, 2.75) is 37.3 Å². The molecule has 4 aromatic heterocycles. The lowest BCUT2D eigenvalue weighted by molar-refractivity contribution is -0.146. The Labute approximate surface area is 356 Å². The molecule has 6 aromatic rings. The van der Waals surface area contributed by atoms with E-state index < -0.39 is 24.4 Å². The van der Waals surface area contributed by atoms with Crippen LogP contribution in [0.25, 0.3) is 11.4 Å². The Kier molecular flexibility index (Phi) is 13.0. The molecule has 6 heterocycles. The molecule has 0 radical (unpaired) electrons. The van der Waals surface area contributed by atoms with Crippen LogP contribution in [0, 0.1) is 0 Å². The molecule has 0 bridgehead atoms. The van der Waals surface area contributed by atoms with Crippen LogP contribution in [0.3, 0.4) is 0 Å². The van der Waals surface area contributed by atoms with Gasteiger partial charge in [-0.1, -0.05) is 23.2 Å². The zero-order valence-corrected chi connectivity index (χ0v) is 35.1. The smallest absolute Gasteiger partial charge is 0.308 e. The summed E-state index contributed by atoms with van der Waals surface area (Å²) in [4.78, 5) is 33.3. The fraction of sp³-hybridized carbons (Fsp3) is 0.273. The molecule has 2 aromatic carbocycles. The predicted octanol–water partition coefficient (Wildman–Crippen LogP) is 8.53. The Morgan fingerprint density at radius 2 is 1.02 bits per heavy atom. The van der Waals surface area contributed by atoms with E-state index in [1.807, 2.05) is 82.2 Å². The molecule has 0 N–H and O–H groups in total. The molecule has 0 spiro atoms. The molecule has 0 unspecified atom stereocenters. The number of rotatable bonds is 10. The molecule has 8 rings (SSSR count). The number of pyridine rings is 2. The number of benzene rings is 2. The van der Waals surface area contributed by atoms with E-state index in [-0.39, 0.29) is 24.8 Å².